The molecule has 28 heavy (non-hydrogen) atoms. The molecule has 2 atom stereocenters. The Morgan fingerprint density at radius 3 is 1.86 bits per heavy atom. The van der Waals surface area contributed by atoms with Crippen molar-refractivity contribution in [2.45, 2.75) is 69.1 Å². The maximum Gasteiger partial charge on any atom is 0.460 e. The van der Waals surface area contributed by atoms with Crippen molar-refractivity contribution in [2.75, 3.05) is 6.54 Å². The summed E-state index contributed by atoms with van der Waals surface area (Å²) in [6.45, 7) is 2.45. The molecule has 1 amide bonds. The van der Waals surface area contributed by atoms with Gasteiger partial charge in [0, 0.05) is 0 Å². The molecule has 0 aromatic rings. The molecule has 0 radical (unpaired) electrons. The zero-order chi connectivity index (χ0) is 22.1. The lowest BCUT2D eigenvalue weighted by Crippen LogP contribution is -2.67. The van der Waals surface area contributed by atoms with Gasteiger partial charge >= 0.3 is 23.9 Å². The number of piperidine rings is 1. The van der Waals surface area contributed by atoms with Gasteiger partial charge in [0.05, 0.1) is 12.1 Å². The summed E-state index contributed by atoms with van der Waals surface area (Å²) in [5.41, 5.74) is 0. The summed E-state index contributed by atoms with van der Waals surface area (Å²) in [6.07, 6.45) is -5.52. The Labute approximate surface area is 154 Å². The lowest BCUT2D eigenvalue weighted by molar-refractivity contribution is -0.388. The molecule has 0 spiro atoms. The second-order valence-corrected chi connectivity index (χ2v) is 6.82. The van der Waals surface area contributed by atoms with E-state index in [1.54, 1.807) is 5.32 Å². The van der Waals surface area contributed by atoms with Crippen molar-refractivity contribution in [3.05, 3.63) is 0 Å². The van der Waals surface area contributed by atoms with Gasteiger partial charge in [-0.3, -0.25) is 9.59 Å². The smallest absolute Gasteiger partial charge is 0.344 e. The van der Waals surface area contributed by atoms with E-state index in [9.17, 15) is 49.1 Å². The van der Waals surface area contributed by atoms with Gasteiger partial charge in [-0.05, 0) is 25.3 Å². The van der Waals surface area contributed by atoms with Crippen LogP contribution in [0.15, 0.2) is 0 Å². The van der Waals surface area contributed by atoms with Crippen LogP contribution in [-0.4, -0.2) is 54.3 Å². The van der Waals surface area contributed by atoms with Crippen LogP contribution in [0.4, 0.5) is 39.5 Å². The lowest BCUT2D eigenvalue weighted by Gasteiger charge is -2.35. The number of ketones is 1. The van der Waals surface area contributed by atoms with E-state index < -0.39 is 53.6 Å². The fraction of sp³-hybridized carbons (Fsp3) is 0.867. The third kappa shape index (κ3) is 4.38. The number of alkyl halides is 9. The summed E-state index contributed by atoms with van der Waals surface area (Å²) in [5, 5.41) is 4.45. The maximum atomic E-state index is 13.9. The Kier molecular flexibility index (Phi) is 7.06. The highest BCUT2D eigenvalue weighted by atomic mass is 19.4. The van der Waals surface area contributed by atoms with Crippen LogP contribution >= 0.6 is 0 Å². The van der Waals surface area contributed by atoms with Gasteiger partial charge in [0.1, 0.15) is 0 Å². The first-order chi connectivity index (χ1) is 12.5. The minimum absolute atomic E-state index is 0.240. The van der Waals surface area contributed by atoms with E-state index in [-0.39, 0.29) is 6.42 Å². The van der Waals surface area contributed by atoms with E-state index in [0.29, 0.717) is 19.4 Å². The van der Waals surface area contributed by atoms with Gasteiger partial charge in [0.25, 0.3) is 0 Å². The molecule has 13 heteroatoms. The molecule has 0 aromatic heterocycles. The van der Waals surface area contributed by atoms with Crippen LogP contribution in [0.2, 0.25) is 0 Å². The topological polar surface area (TPSA) is 58.2 Å². The van der Waals surface area contributed by atoms with E-state index in [2.05, 4.69) is 5.32 Å². The van der Waals surface area contributed by atoms with Crippen molar-refractivity contribution in [1.29, 1.82) is 0 Å². The molecule has 0 aromatic carbocycles. The largest absolute Gasteiger partial charge is 0.460 e. The first-order valence-electron chi connectivity index (χ1n) is 8.26. The average molecular weight is 430 g/mol. The molecule has 1 rings (SSSR count). The van der Waals surface area contributed by atoms with Gasteiger partial charge < -0.3 is 10.6 Å². The standard InChI is InChI=1S/C15H19F9N2O2/c1-7(2)9(26-11(28)8-5-3-4-6-25-8)10(27)12(16,17)13(18,19)14(20,21)15(22,23)24/h7-9,25H,3-6H2,1-2H3,(H,26,28). The second kappa shape index (κ2) is 8.07. The fourth-order valence-corrected chi connectivity index (χ4v) is 2.59. The van der Waals surface area contributed by atoms with Crippen LogP contribution in [-0.2, 0) is 9.59 Å². The number of rotatable bonds is 7. The quantitative estimate of drug-likeness (QED) is 0.610. The zero-order valence-corrected chi connectivity index (χ0v) is 14.8. The van der Waals surface area contributed by atoms with Crippen molar-refractivity contribution in [3.63, 3.8) is 0 Å². The molecule has 164 valence electrons. The molecule has 0 saturated carbocycles. The number of halogens is 9. The summed E-state index contributed by atoms with van der Waals surface area (Å²) >= 11 is 0. The first kappa shape index (κ1) is 24.5. The van der Waals surface area contributed by atoms with Crippen molar-refractivity contribution in [2.24, 2.45) is 5.92 Å². The Morgan fingerprint density at radius 2 is 1.46 bits per heavy atom. The number of hydrogen-bond donors (Lipinski definition) is 2. The number of hydrogen-bond acceptors (Lipinski definition) is 3. The average Bonchev–Trinajstić information content (AvgIpc) is 2.57. The predicted octanol–water partition coefficient (Wildman–Crippen LogP) is 3.31. The van der Waals surface area contributed by atoms with E-state index in [4.69, 9.17) is 0 Å². The van der Waals surface area contributed by atoms with E-state index in [0.717, 1.165) is 13.8 Å². The fourth-order valence-electron chi connectivity index (χ4n) is 2.59. The Hall–Kier alpha value is -1.53. The Bertz CT molecular complexity index is 585. The third-order valence-electron chi connectivity index (χ3n) is 4.33. The lowest BCUT2D eigenvalue weighted by atomic mass is 9.90. The number of carbonyl (C=O) groups excluding carboxylic acids is 2. The van der Waals surface area contributed by atoms with Gasteiger partial charge in [-0.15, -0.1) is 0 Å². The molecule has 2 N–H and O–H groups in total. The van der Waals surface area contributed by atoms with Gasteiger partial charge in [0.2, 0.25) is 11.7 Å². The van der Waals surface area contributed by atoms with Crippen LogP contribution in [0.3, 0.4) is 0 Å². The highest BCUT2D eigenvalue weighted by Crippen LogP contribution is 2.53. The summed E-state index contributed by atoms with van der Waals surface area (Å²) in [4.78, 5) is 23.9. The van der Waals surface area contributed by atoms with Gasteiger partial charge in [-0.2, -0.15) is 39.5 Å². The molecular weight excluding hydrogens is 411 g/mol. The first-order valence-corrected chi connectivity index (χ1v) is 8.26. The van der Waals surface area contributed by atoms with Crippen LogP contribution in [0.5, 0.6) is 0 Å². The van der Waals surface area contributed by atoms with Gasteiger partial charge in [-0.1, -0.05) is 20.3 Å². The predicted molar refractivity (Wildman–Crippen MR) is 78.3 cm³/mol. The molecular formula is C15H19F9N2O2. The highest BCUT2D eigenvalue weighted by Gasteiger charge is 2.83. The second-order valence-electron chi connectivity index (χ2n) is 6.82. The minimum atomic E-state index is -7.17. The molecule has 0 bridgehead atoms. The van der Waals surface area contributed by atoms with Crippen LogP contribution in [0.25, 0.3) is 0 Å². The Morgan fingerprint density at radius 1 is 0.929 bits per heavy atom. The van der Waals surface area contributed by atoms with Crippen LogP contribution < -0.4 is 10.6 Å². The van der Waals surface area contributed by atoms with Crippen molar-refractivity contribution >= 4 is 11.7 Å². The van der Waals surface area contributed by atoms with Gasteiger partial charge in [0.15, 0.2) is 0 Å². The minimum Gasteiger partial charge on any atom is -0.344 e. The van der Waals surface area contributed by atoms with Crippen LogP contribution in [0.1, 0.15) is 33.1 Å². The van der Waals surface area contributed by atoms with E-state index in [1.807, 2.05) is 0 Å². The molecule has 1 heterocycles. The van der Waals surface area contributed by atoms with Crippen molar-refractivity contribution in [1.82, 2.24) is 10.6 Å². The van der Waals surface area contributed by atoms with E-state index in [1.165, 1.54) is 0 Å². The SMILES string of the molecule is CC(C)C(NC(=O)C1CCCCN1)C(=O)C(F)(F)C(F)(F)C(F)(F)C(F)(F)F. The number of amides is 1. The number of Topliss-reactive ketones (excluding diaryl/α,β-unsaturated/α-hetero) is 1. The molecule has 0 aliphatic carbocycles. The Balaban J connectivity index is 3.15. The normalized spacial score (nSPS) is 20.8. The molecule has 2 unspecified atom stereocenters. The van der Waals surface area contributed by atoms with Gasteiger partial charge in [-0.25, -0.2) is 0 Å². The molecule has 1 saturated heterocycles. The molecule has 1 aliphatic rings. The number of carbonyl (C=O) groups is 2. The highest BCUT2D eigenvalue weighted by molar-refractivity contribution is 5.96. The summed E-state index contributed by atoms with van der Waals surface area (Å²) in [7, 11) is 0. The summed E-state index contributed by atoms with van der Waals surface area (Å²) in [5.74, 6) is -25.9. The monoisotopic (exact) mass is 430 g/mol. The molecule has 1 fully saturated rings. The summed E-state index contributed by atoms with van der Waals surface area (Å²) < 4.78 is 117. The maximum absolute atomic E-state index is 13.9. The third-order valence-corrected chi connectivity index (χ3v) is 4.33. The summed E-state index contributed by atoms with van der Waals surface area (Å²) in [6, 6.07) is -3.34. The van der Waals surface area contributed by atoms with Crippen molar-refractivity contribution in [3.8, 4) is 0 Å². The zero-order valence-electron chi connectivity index (χ0n) is 14.8. The molecule has 1 aliphatic heterocycles. The van der Waals surface area contributed by atoms with Crippen LogP contribution in [0, 0.1) is 5.92 Å². The number of nitrogens with one attached hydrogen (secondary N) is 2. The van der Waals surface area contributed by atoms with E-state index >= 15 is 0 Å². The molecule has 4 nitrogen and oxygen atoms in total. The van der Waals surface area contributed by atoms with Crippen molar-refractivity contribution < 1.29 is 49.1 Å².